The van der Waals surface area contributed by atoms with Gasteiger partial charge in [-0.15, -0.1) is 0 Å². The number of benzene rings is 2. The van der Waals surface area contributed by atoms with Gasteiger partial charge in [0.05, 0.1) is 11.4 Å². The van der Waals surface area contributed by atoms with Gasteiger partial charge < -0.3 is 0 Å². The summed E-state index contributed by atoms with van der Waals surface area (Å²) in [6, 6.07) is 15.2. The predicted octanol–water partition coefficient (Wildman–Crippen LogP) is 3.25. The fourth-order valence-electron chi connectivity index (χ4n) is 1.75. The SMILES string of the molecule is CC(=N\NC(=O)c1ccccc1)/C(C)=N/NC(=O)c1ccc(Cl)cc1. The molecule has 0 fully saturated rings. The molecule has 0 saturated carbocycles. The maximum absolute atomic E-state index is 12.0. The van der Waals surface area contributed by atoms with E-state index in [9.17, 15) is 9.59 Å². The Hall–Kier alpha value is -2.99. The Kier molecular flexibility index (Phi) is 6.42. The number of rotatable bonds is 5. The van der Waals surface area contributed by atoms with Crippen LogP contribution in [0.2, 0.25) is 5.02 Å². The van der Waals surface area contributed by atoms with Crippen LogP contribution in [-0.4, -0.2) is 23.2 Å². The van der Waals surface area contributed by atoms with E-state index in [0.29, 0.717) is 27.6 Å². The summed E-state index contributed by atoms with van der Waals surface area (Å²) in [5.41, 5.74) is 6.76. The van der Waals surface area contributed by atoms with Gasteiger partial charge in [-0.2, -0.15) is 10.2 Å². The summed E-state index contributed by atoms with van der Waals surface area (Å²) in [5, 5.41) is 8.51. The van der Waals surface area contributed by atoms with Crippen LogP contribution in [0, 0.1) is 0 Å². The van der Waals surface area contributed by atoms with Crippen LogP contribution in [0.25, 0.3) is 0 Å². The molecule has 2 N–H and O–H groups in total. The highest BCUT2D eigenvalue weighted by molar-refractivity contribution is 6.40. The van der Waals surface area contributed by atoms with Crippen molar-refractivity contribution in [3.05, 3.63) is 70.7 Å². The third-order valence-corrected chi connectivity index (χ3v) is 3.57. The second kappa shape index (κ2) is 8.75. The number of hydrogen-bond donors (Lipinski definition) is 2. The predicted molar refractivity (Wildman–Crippen MR) is 99.0 cm³/mol. The average molecular weight is 357 g/mol. The van der Waals surface area contributed by atoms with Gasteiger partial charge in [0.1, 0.15) is 0 Å². The van der Waals surface area contributed by atoms with Gasteiger partial charge in [0, 0.05) is 16.1 Å². The van der Waals surface area contributed by atoms with Crippen LogP contribution >= 0.6 is 11.6 Å². The second-order valence-electron chi connectivity index (χ2n) is 5.15. The van der Waals surface area contributed by atoms with Crippen molar-refractivity contribution in [1.29, 1.82) is 0 Å². The van der Waals surface area contributed by atoms with Crippen LogP contribution in [0.1, 0.15) is 34.6 Å². The monoisotopic (exact) mass is 356 g/mol. The highest BCUT2D eigenvalue weighted by atomic mass is 35.5. The molecular formula is C18H17ClN4O2. The molecule has 0 aliphatic rings. The molecule has 0 saturated heterocycles. The van der Waals surface area contributed by atoms with E-state index in [1.165, 1.54) is 0 Å². The number of halogens is 1. The molecule has 0 heterocycles. The lowest BCUT2D eigenvalue weighted by Gasteiger charge is -2.04. The first kappa shape index (κ1) is 18.4. The molecule has 6 nitrogen and oxygen atoms in total. The number of nitrogens with one attached hydrogen (secondary N) is 2. The summed E-state index contributed by atoms with van der Waals surface area (Å²) < 4.78 is 0. The Morgan fingerprint density at radius 2 is 1.20 bits per heavy atom. The Morgan fingerprint density at radius 3 is 1.68 bits per heavy atom. The van der Waals surface area contributed by atoms with Crippen molar-refractivity contribution in [3.8, 4) is 0 Å². The number of hydrogen-bond acceptors (Lipinski definition) is 4. The molecule has 0 aliphatic heterocycles. The number of carbonyl (C=O) groups is 2. The van der Waals surface area contributed by atoms with E-state index in [-0.39, 0.29) is 11.8 Å². The summed E-state index contributed by atoms with van der Waals surface area (Å²) in [4.78, 5) is 23.9. The normalized spacial score (nSPS) is 11.8. The lowest BCUT2D eigenvalue weighted by atomic mass is 10.2. The minimum absolute atomic E-state index is 0.321. The Balaban J connectivity index is 1.95. The van der Waals surface area contributed by atoms with Crippen molar-refractivity contribution >= 4 is 34.8 Å². The molecule has 128 valence electrons. The summed E-state index contributed by atoms with van der Waals surface area (Å²) in [6.07, 6.45) is 0. The van der Waals surface area contributed by atoms with Crippen LogP contribution < -0.4 is 10.9 Å². The first-order valence-corrected chi connectivity index (χ1v) is 7.85. The molecule has 0 spiro atoms. The molecule has 0 aromatic heterocycles. The van der Waals surface area contributed by atoms with Gasteiger partial charge in [0.25, 0.3) is 11.8 Å². The van der Waals surface area contributed by atoms with Gasteiger partial charge in [0.15, 0.2) is 0 Å². The quantitative estimate of drug-likeness (QED) is 0.636. The van der Waals surface area contributed by atoms with Crippen molar-refractivity contribution in [3.63, 3.8) is 0 Å². The van der Waals surface area contributed by atoms with E-state index in [4.69, 9.17) is 11.6 Å². The van der Waals surface area contributed by atoms with E-state index in [1.54, 1.807) is 62.4 Å². The summed E-state index contributed by atoms with van der Waals surface area (Å²) in [6.45, 7) is 3.36. The van der Waals surface area contributed by atoms with E-state index < -0.39 is 0 Å². The summed E-state index contributed by atoms with van der Waals surface area (Å²) >= 11 is 5.78. The number of nitrogens with zero attached hydrogens (tertiary/aromatic N) is 2. The molecule has 2 aromatic carbocycles. The first-order chi connectivity index (χ1) is 12.0. The standard InChI is InChI=1S/C18H17ClN4O2/c1-12(20-22-17(24)14-6-4-3-5-7-14)13(2)21-23-18(25)15-8-10-16(19)11-9-15/h3-11H,1-2H3,(H,22,24)(H,23,25)/b20-12+,21-13+. The Labute approximate surface area is 150 Å². The largest absolute Gasteiger partial charge is 0.271 e. The molecule has 0 unspecified atom stereocenters. The molecular weight excluding hydrogens is 340 g/mol. The summed E-state index contributed by atoms with van der Waals surface area (Å²) in [5.74, 6) is -0.685. The van der Waals surface area contributed by atoms with Crippen LogP contribution in [-0.2, 0) is 0 Å². The van der Waals surface area contributed by atoms with Crippen LogP contribution in [0.4, 0.5) is 0 Å². The van der Waals surface area contributed by atoms with Crippen molar-refractivity contribution < 1.29 is 9.59 Å². The number of hydrazone groups is 2. The molecule has 2 amide bonds. The number of carbonyl (C=O) groups excluding carboxylic acids is 2. The fraction of sp³-hybridized carbons (Fsp3) is 0.111. The lowest BCUT2D eigenvalue weighted by molar-refractivity contribution is 0.0946. The molecule has 2 rings (SSSR count). The van der Waals surface area contributed by atoms with Gasteiger partial charge in [0.2, 0.25) is 0 Å². The van der Waals surface area contributed by atoms with Crippen molar-refractivity contribution in [2.75, 3.05) is 0 Å². The van der Waals surface area contributed by atoms with Crippen LogP contribution in [0.3, 0.4) is 0 Å². The minimum Gasteiger partial charge on any atom is -0.267 e. The third-order valence-electron chi connectivity index (χ3n) is 3.32. The molecule has 0 bridgehead atoms. The molecule has 7 heteroatoms. The van der Waals surface area contributed by atoms with Crippen molar-refractivity contribution in [2.24, 2.45) is 10.2 Å². The molecule has 2 aromatic rings. The van der Waals surface area contributed by atoms with Crippen molar-refractivity contribution in [2.45, 2.75) is 13.8 Å². The van der Waals surface area contributed by atoms with E-state index in [2.05, 4.69) is 21.1 Å². The van der Waals surface area contributed by atoms with E-state index >= 15 is 0 Å². The maximum atomic E-state index is 12.0. The lowest BCUT2D eigenvalue weighted by Crippen LogP contribution is -2.24. The van der Waals surface area contributed by atoms with Gasteiger partial charge >= 0.3 is 0 Å². The van der Waals surface area contributed by atoms with Crippen molar-refractivity contribution in [1.82, 2.24) is 10.9 Å². The van der Waals surface area contributed by atoms with Gasteiger partial charge in [-0.3, -0.25) is 9.59 Å². The second-order valence-corrected chi connectivity index (χ2v) is 5.59. The van der Waals surface area contributed by atoms with Gasteiger partial charge in [-0.25, -0.2) is 10.9 Å². The molecule has 0 aliphatic carbocycles. The number of amides is 2. The van der Waals surface area contributed by atoms with Gasteiger partial charge in [-0.1, -0.05) is 29.8 Å². The maximum Gasteiger partial charge on any atom is 0.271 e. The Bertz CT molecular complexity index is 815. The molecule has 0 radical (unpaired) electrons. The van der Waals surface area contributed by atoms with Gasteiger partial charge in [-0.05, 0) is 50.2 Å². The smallest absolute Gasteiger partial charge is 0.267 e. The minimum atomic E-state index is -0.364. The molecule has 0 atom stereocenters. The summed E-state index contributed by atoms with van der Waals surface area (Å²) in [7, 11) is 0. The van der Waals surface area contributed by atoms with E-state index in [0.717, 1.165) is 0 Å². The topological polar surface area (TPSA) is 82.9 Å². The zero-order chi connectivity index (χ0) is 18.2. The van der Waals surface area contributed by atoms with E-state index in [1.807, 2.05) is 6.07 Å². The Morgan fingerprint density at radius 1 is 0.760 bits per heavy atom. The zero-order valence-electron chi connectivity index (χ0n) is 13.8. The fourth-order valence-corrected chi connectivity index (χ4v) is 1.88. The van der Waals surface area contributed by atoms with Crippen LogP contribution in [0.15, 0.2) is 64.8 Å². The highest BCUT2D eigenvalue weighted by Crippen LogP contribution is 2.09. The highest BCUT2D eigenvalue weighted by Gasteiger charge is 2.06. The molecule has 25 heavy (non-hydrogen) atoms. The first-order valence-electron chi connectivity index (χ1n) is 7.47. The zero-order valence-corrected chi connectivity index (χ0v) is 14.5. The van der Waals surface area contributed by atoms with Crippen LogP contribution in [0.5, 0.6) is 0 Å². The third kappa shape index (κ3) is 5.54. The average Bonchev–Trinajstić information content (AvgIpc) is 2.64.